The fourth-order valence-corrected chi connectivity index (χ4v) is 3.25. The number of hydrogen-bond donors (Lipinski definition) is 1. The molecule has 1 aliphatic heterocycles. The number of carbonyl (C=O) groups is 1. The van der Waals surface area contributed by atoms with Gasteiger partial charge in [0, 0.05) is 23.5 Å². The zero-order chi connectivity index (χ0) is 17.3. The molecule has 1 unspecified atom stereocenters. The minimum atomic E-state index is -0.207. The van der Waals surface area contributed by atoms with Crippen molar-refractivity contribution >= 4 is 52.1 Å². The van der Waals surface area contributed by atoms with E-state index in [-0.39, 0.29) is 11.9 Å². The molecule has 4 nitrogen and oxygen atoms in total. The van der Waals surface area contributed by atoms with E-state index in [2.05, 4.69) is 10.4 Å². The summed E-state index contributed by atoms with van der Waals surface area (Å²) in [5.74, 6) is -0.207. The van der Waals surface area contributed by atoms with E-state index in [1.54, 1.807) is 30.3 Å². The number of hydrazone groups is 1. The fourth-order valence-electron chi connectivity index (χ4n) is 2.63. The van der Waals surface area contributed by atoms with Gasteiger partial charge in [0.1, 0.15) is 5.71 Å². The van der Waals surface area contributed by atoms with E-state index in [1.807, 2.05) is 24.3 Å². The maximum Gasteiger partial charge on any atom is 0.267 e. The maximum absolute atomic E-state index is 12.0. The fraction of sp³-hybridized carbons (Fsp3) is 0.176. The third kappa shape index (κ3) is 3.36. The van der Waals surface area contributed by atoms with Gasteiger partial charge in [-0.15, -0.1) is 0 Å². The summed E-state index contributed by atoms with van der Waals surface area (Å²) < 4.78 is 0. The van der Waals surface area contributed by atoms with Crippen LogP contribution in [-0.2, 0) is 4.79 Å². The molecular formula is C17H14Cl3N3O. The Hall–Kier alpha value is -1.75. The van der Waals surface area contributed by atoms with Crippen LogP contribution in [0.4, 0.5) is 5.69 Å². The molecule has 0 spiro atoms. The molecule has 2 aromatic carbocycles. The average molecular weight is 383 g/mol. The summed E-state index contributed by atoms with van der Waals surface area (Å²) in [5, 5.41) is 10.5. The first-order valence-electron chi connectivity index (χ1n) is 7.29. The van der Waals surface area contributed by atoms with E-state index in [0.29, 0.717) is 32.9 Å². The van der Waals surface area contributed by atoms with Crippen molar-refractivity contribution in [3.63, 3.8) is 0 Å². The van der Waals surface area contributed by atoms with Crippen LogP contribution in [0.25, 0.3) is 0 Å². The van der Waals surface area contributed by atoms with Crippen LogP contribution in [0.15, 0.2) is 47.6 Å². The Morgan fingerprint density at radius 3 is 2.42 bits per heavy atom. The highest BCUT2D eigenvalue weighted by Gasteiger charge is 2.33. The summed E-state index contributed by atoms with van der Waals surface area (Å²) in [6, 6.07) is 12.5. The molecule has 0 saturated carbocycles. The molecule has 2 aromatic rings. The Labute approximate surface area is 155 Å². The molecule has 1 atom stereocenters. The van der Waals surface area contributed by atoms with Gasteiger partial charge in [-0.05, 0) is 35.9 Å². The lowest BCUT2D eigenvalue weighted by Gasteiger charge is -2.25. The van der Waals surface area contributed by atoms with Gasteiger partial charge in [0.15, 0.2) is 0 Å². The van der Waals surface area contributed by atoms with Crippen LogP contribution >= 0.6 is 34.8 Å². The Balaban J connectivity index is 2.04. The predicted octanol–water partition coefficient (Wildman–Crippen LogP) is 4.70. The van der Waals surface area contributed by atoms with Crippen LogP contribution in [-0.4, -0.2) is 18.7 Å². The first-order chi connectivity index (χ1) is 11.5. The van der Waals surface area contributed by atoms with Gasteiger partial charge in [-0.3, -0.25) is 9.80 Å². The first kappa shape index (κ1) is 17.1. The molecular weight excluding hydrogens is 369 g/mol. The highest BCUT2D eigenvalue weighted by molar-refractivity contribution is 6.40. The van der Waals surface area contributed by atoms with Crippen molar-refractivity contribution in [3.8, 4) is 0 Å². The van der Waals surface area contributed by atoms with E-state index in [9.17, 15) is 4.79 Å². The van der Waals surface area contributed by atoms with Crippen LogP contribution < -0.4 is 10.3 Å². The minimum absolute atomic E-state index is 0.145. The molecule has 1 N–H and O–H groups in total. The van der Waals surface area contributed by atoms with E-state index in [1.165, 1.54) is 0 Å². The Kier molecular flexibility index (Phi) is 4.99. The Morgan fingerprint density at radius 2 is 1.79 bits per heavy atom. The Morgan fingerprint density at radius 1 is 1.12 bits per heavy atom. The van der Waals surface area contributed by atoms with Crippen LogP contribution in [0.2, 0.25) is 15.1 Å². The normalized spacial score (nSPS) is 16.9. The third-order valence-corrected chi connectivity index (χ3v) is 4.60. The van der Waals surface area contributed by atoms with Crippen molar-refractivity contribution in [2.45, 2.75) is 12.5 Å². The van der Waals surface area contributed by atoms with Crippen LogP contribution in [0.5, 0.6) is 0 Å². The van der Waals surface area contributed by atoms with Crippen molar-refractivity contribution in [2.24, 2.45) is 5.10 Å². The molecule has 1 amide bonds. The van der Waals surface area contributed by atoms with Gasteiger partial charge in [-0.25, -0.2) is 0 Å². The first-order valence-corrected chi connectivity index (χ1v) is 8.42. The number of nitrogens with zero attached hydrogens (tertiary/aromatic N) is 2. The Bertz CT molecular complexity index is 805. The molecule has 1 heterocycles. The number of rotatable bonds is 3. The molecule has 0 bridgehead atoms. The molecule has 7 heteroatoms. The van der Waals surface area contributed by atoms with E-state index >= 15 is 0 Å². The second-order valence-electron chi connectivity index (χ2n) is 5.34. The molecule has 0 saturated heterocycles. The smallest absolute Gasteiger partial charge is 0.267 e. The molecule has 0 radical (unpaired) electrons. The second kappa shape index (κ2) is 7.01. The summed E-state index contributed by atoms with van der Waals surface area (Å²) >= 11 is 18.3. The van der Waals surface area contributed by atoms with Gasteiger partial charge in [0.25, 0.3) is 5.91 Å². The van der Waals surface area contributed by atoms with Crippen molar-refractivity contribution in [2.75, 3.05) is 12.1 Å². The van der Waals surface area contributed by atoms with Gasteiger partial charge in [-0.2, -0.15) is 5.10 Å². The van der Waals surface area contributed by atoms with Crippen molar-refractivity contribution in [1.82, 2.24) is 5.32 Å². The highest BCUT2D eigenvalue weighted by atomic mass is 35.5. The van der Waals surface area contributed by atoms with Gasteiger partial charge in [0.05, 0.1) is 16.8 Å². The lowest BCUT2D eigenvalue weighted by atomic mass is 10.0. The third-order valence-electron chi connectivity index (χ3n) is 3.81. The van der Waals surface area contributed by atoms with Crippen LogP contribution in [0, 0.1) is 0 Å². The maximum atomic E-state index is 12.0. The highest BCUT2D eigenvalue weighted by Crippen LogP contribution is 2.39. The zero-order valence-electron chi connectivity index (χ0n) is 12.8. The quantitative estimate of drug-likeness (QED) is 0.836. The van der Waals surface area contributed by atoms with Crippen molar-refractivity contribution < 1.29 is 4.79 Å². The number of benzene rings is 2. The average Bonchev–Trinajstić information content (AvgIpc) is 3.00. The molecule has 0 aliphatic carbocycles. The molecule has 1 aliphatic rings. The van der Waals surface area contributed by atoms with Crippen LogP contribution in [0.1, 0.15) is 18.0 Å². The number of halogens is 3. The van der Waals surface area contributed by atoms with Crippen LogP contribution in [0.3, 0.4) is 0 Å². The largest absolute Gasteiger partial charge is 0.354 e. The summed E-state index contributed by atoms with van der Waals surface area (Å²) in [5.41, 5.74) is 2.14. The van der Waals surface area contributed by atoms with E-state index in [4.69, 9.17) is 34.8 Å². The summed E-state index contributed by atoms with van der Waals surface area (Å²) in [4.78, 5) is 12.0. The number of amides is 1. The zero-order valence-corrected chi connectivity index (χ0v) is 15.0. The van der Waals surface area contributed by atoms with E-state index in [0.717, 1.165) is 5.56 Å². The van der Waals surface area contributed by atoms with Crippen molar-refractivity contribution in [1.29, 1.82) is 0 Å². The summed E-state index contributed by atoms with van der Waals surface area (Å²) in [6.45, 7) is 0. The monoisotopic (exact) mass is 381 g/mol. The minimum Gasteiger partial charge on any atom is -0.354 e. The van der Waals surface area contributed by atoms with E-state index < -0.39 is 0 Å². The topological polar surface area (TPSA) is 44.7 Å². The standard InChI is InChI=1S/C17H14Cl3N3O/c1-21-17(24)14-9-16(10-2-4-11(18)5-3-10)23(22-14)15-7-6-12(19)8-13(15)20/h2-8,16H,9H2,1H3,(H,21,24). The SMILES string of the molecule is CNC(=O)C1=NN(c2ccc(Cl)cc2Cl)C(c2ccc(Cl)cc2)C1. The predicted molar refractivity (Wildman–Crippen MR) is 99.3 cm³/mol. The second-order valence-corrected chi connectivity index (χ2v) is 6.62. The van der Waals surface area contributed by atoms with Gasteiger partial charge in [-0.1, -0.05) is 46.9 Å². The molecule has 0 fully saturated rings. The van der Waals surface area contributed by atoms with Gasteiger partial charge in [0.2, 0.25) is 0 Å². The number of anilines is 1. The van der Waals surface area contributed by atoms with Crippen molar-refractivity contribution in [3.05, 3.63) is 63.1 Å². The number of nitrogens with one attached hydrogen (secondary N) is 1. The summed E-state index contributed by atoms with van der Waals surface area (Å²) in [7, 11) is 1.58. The lowest BCUT2D eigenvalue weighted by molar-refractivity contribution is -0.114. The molecule has 124 valence electrons. The molecule has 24 heavy (non-hydrogen) atoms. The molecule has 0 aromatic heterocycles. The molecule has 3 rings (SSSR count). The summed E-state index contributed by atoms with van der Waals surface area (Å²) in [6.07, 6.45) is 0.472. The number of hydrogen-bond acceptors (Lipinski definition) is 3. The lowest BCUT2D eigenvalue weighted by Crippen LogP contribution is -2.26. The number of carbonyl (C=O) groups excluding carboxylic acids is 1. The van der Waals surface area contributed by atoms with Gasteiger partial charge >= 0.3 is 0 Å². The van der Waals surface area contributed by atoms with Gasteiger partial charge < -0.3 is 5.32 Å².